The minimum Gasteiger partial charge on any atom is -0.496 e. The van der Waals surface area contributed by atoms with Gasteiger partial charge in [0.25, 0.3) is 0 Å². The Morgan fingerprint density at radius 3 is 2.66 bits per heavy atom. The number of aromatic nitrogens is 2. The number of hydrogen-bond donors (Lipinski definition) is 3. The molecule has 1 aliphatic rings. The van der Waals surface area contributed by atoms with Gasteiger partial charge in [-0.3, -0.25) is 14.3 Å². The number of esters is 1. The molecule has 0 aliphatic carbocycles. The zero-order valence-electron chi connectivity index (χ0n) is 17.9. The molecule has 2 aromatic carbocycles. The van der Waals surface area contributed by atoms with Crippen molar-refractivity contribution in [1.29, 1.82) is 0 Å². The molecular formula is C21H22N4O6S. The van der Waals surface area contributed by atoms with Gasteiger partial charge in [-0.05, 0) is 38.1 Å². The number of carbonyl (C=O) groups is 2. The number of H-pyrrole nitrogens is 1. The van der Waals surface area contributed by atoms with Crippen molar-refractivity contribution in [3.05, 3.63) is 35.9 Å². The van der Waals surface area contributed by atoms with E-state index in [2.05, 4.69) is 20.0 Å². The fourth-order valence-electron chi connectivity index (χ4n) is 3.71. The number of imidazole rings is 1. The van der Waals surface area contributed by atoms with E-state index in [1.807, 2.05) is 0 Å². The lowest BCUT2D eigenvalue weighted by atomic mass is 9.83. The van der Waals surface area contributed by atoms with Gasteiger partial charge in [0.05, 0.1) is 42.3 Å². The number of aromatic amines is 1. The van der Waals surface area contributed by atoms with Gasteiger partial charge < -0.3 is 19.8 Å². The summed E-state index contributed by atoms with van der Waals surface area (Å²) >= 11 is 0. The molecule has 1 atom stereocenters. The van der Waals surface area contributed by atoms with Crippen molar-refractivity contribution in [3.63, 3.8) is 0 Å². The van der Waals surface area contributed by atoms with Gasteiger partial charge in [0.2, 0.25) is 15.9 Å². The molecule has 1 aliphatic heterocycles. The third-order valence-corrected chi connectivity index (χ3v) is 5.91. The number of ether oxygens (including phenoxy) is 2. The van der Waals surface area contributed by atoms with Crippen molar-refractivity contribution >= 4 is 44.3 Å². The van der Waals surface area contributed by atoms with E-state index < -0.39 is 27.3 Å². The fraction of sp³-hybridized carbons (Fsp3) is 0.286. The maximum absolute atomic E-state index is 12.6. The second-order valence-electron chi connectivity index (χ2n) is 7.59. The standard InChI is InChI=1S/C21H22N4O6S/c1-5-31-20(27)21(2)13-9-15-16(10-14(13)24-19(21)26)23-18(22-15)12-7-6-11(8-17(12)30-3)25-32(4,28)29/h6-10,25H,5H2,1-4H3,(H,22,23)(H,24,26). The van der Waals surface area contributed by atoms with E-state index in [0.29, 0.717) is 45.1 Å². The van der Waals surface area contributed by atoms with Gasteiger partial charge in [-0.25, -0.2) is 13.4 Å². The molecule has 4 rings (SSSR count). The van der Waals surface area contributed by atoms with E-state index in [9.17, 15) is 18.0 Å². The summed E-state index contributed by atoms with van der Waals surface area (Å²) in [5, 5.41) is 2.74. The van der Waals surface area contributed by atoms with Gasteiger partial charge in [0, 0.05) is 17.3 Å². The highest BCUT2D eigenvalue weighted by Crippen LogP contribution is 2.41. The van der Waals surface area contributed by atoms with Crippen molar-refractivity contribution in [1.82, 2.24) is 9.97 Å². The lowest BCUT2D eigenvalue weighted by Gasteiger charge is -2.19. The summed E-state index contributed by atoms with van der Waals surface area (Å²) in [6.45, 7) is 3.38. The first-order valence-corrected chi connectivity index (χ1v) is 11.6. The van der Waals surface area contributed by atoms with Crippen LogP contribution in [0, 0.1) is 0 Å². The Balaban J connectivity index is 1.78. The average molecular weight is 458 g/mol. The largest absolute Gasteiger partial charge is 0.496 e. The molecule has 3 N–H and O–H groups in total. The number of sulfonamides is 1. The van der Waals surface area contributed by atoms with Crippen LogP contribution in [0.2, 0.25) is 0 Å². The molecule has 11 heteroatoms. The van der Waals surface area contributed by atoms with E-state index in [1.54, 1.807) is 37.3 Å². The number of nitrogens with zero attached hydrogens (tertiary/aromatic N) is 1. The van der Waals surface area contributed by atoms with Crippen LogP contribution in [0.1, 0.15) is 19.4 Å². The Morgan fingerprint density at radius 2 is 2.00 bits per heavy atom. The number of carbonyl (C=O) groups excluding carboxylic acids is 2. The third-order valence-electron chi connectivity index (χ3n) is 5.31. The zero-order chi connectivity index (χ0) is 23.3. The predicted octanol–water partition coefficient (Wildman–Crippen LogP) is 2.38. The van der Waals surface area contributed by atoms with Crippen LogP contribution >= 0.6 is 0 Å². The SMILES string of the molecule is CCOC(=O)C1(C)C(=O)Nc2cc3nc(-c4ccc(NS(C)(=O)=O)cc4OC)[nH]c3cc21. The Bertz CT molecular complexity index is 1360. The maximum Gasteiger partial charge on any atom is 0.326 e. The minimum atomic E-state index is -3.43. The molecule has 2 heterocycles. The molecular weight excluding hydrogens is 436 g/mol. The zero-order valence-corrected chi connectivity index (χ0v) is 18.7. The van der Waals surface area contributed by atoms with E-state index in [4.69, 9.17) is 9.47 Å². The number of hydrogen-bond acceptors (Lipinski definition) is 7. The molecule has 0 saturated carbocycles. The van der Waals surface area contributed by atoms with Gasteiger partial charge in [0.15, 0.2) is 5.41 Å². The molecule has 0 fully saturated rings. The molecule has 1 amide bonds. The first kappa shape index (κ1) is 21.6. The van der Waals surface area contributed by atoms with Crippen molar-refractivity contribution in [2.24, 2.45) is 0 Å². The Hall–Kier alpha value is -3.60. The van der Waals surface area contributed by atoms with Gasteiger partial charge >= 0.3 is 5.97 Å². The van der Waals surface area contributed by atoms with Crippen LogP contribution in [-0.2, 0) is 29.8 Å². The van der Waals surface area contributed by atoms with E-state index >= 15 is 0 Å². The summed E-state index contributed by atoms with van der Waals surface area (Å²) in [6, 6.07) is 8.25. The monoisotopic (exact) mass is 458 g/mol. The number of amides is 1. The number of rotatable bonds is 6. The van der Waals surface area contributed by atoms with Crippen molar-refractivity contribution in [2.45, 2.75) is 19.3 Å². The second kappa shape index (κ2) is 7.52. The molecule has 1 unspecified atom stereocenters. The minimum absolute atomic E-state index is 0.164. The quantitative estimate of drug-likeness (QED) is 0.381. The Kier molecular flexibility index (Phi) is 5.08. The highest BCUT2D eigenvalue weighted by atomic mass is 32.2. The summed E-state index contributed by atoms with van der Waals surface area (Å²) in [5.41, 5.74) is 1.70. The summed E-state index contributed by atoms with van der Waals surface area (Å²) in [5.74, 6) is -0.175. The van der Waals surface area contributed by atoms with Crippen molar-refractivity contribution < 1.29 is 27.5 Å². The highest BCUT2D eigenvalue weighted by Gasteiger charge is 2.50. The molecule has 3 aromatic rings. The number of anilines is 2. The third kappa shape index (κ3) is 3.54. The molecule has 0 radical (unpaired) electrons. The predicted molar refractivity (Wildman–Crippen MR) is 119 cm³/mol. The van der Waals surface area contributed by atoms with Crippen LogP contribution in [0.4, 0.5) is 11.4 Å². The van der Waals surface area contributed by atoms with Crippen LogP contribution < -0.4 is 14.8 Å². The fourth-order valence-corrected chi connectivity index (χ4v) is 4.27. The normalized spacial score (nSPS) is 17.7. The van der Waals surface area contributed by atoms with Crippen molar-refractivity contribution in [3.8, 4) is 17.1 Å². The topological polar surface area (TPSA) is 139 Å². The second-order valence-corrected chi connectivity index (χ2v) is 9.34. The van der Waals surface area contributed by atoms with Crippen LogP contribution in [0.5, 0.6) is 5.75 Å². The van der Waals surface area contributed by atoms with E-state index in [1.165, 1.54) is 14.0 Å². The summed E-state index contributed by atoms with van der Waals surface area (Å²) in [6.07, 6.45) is 1.06. The number of fused-ring (bicyclic) bond motifs is 2. The van der Waals surface area contributed by atoms with Gasteiger partial charge in [-0.2, -0.15) is 0 Å². The molecule has 1 aromatic heterocycles. The first-order valence-electron chi connectivity index (χ1n) is 9.76. The smallest absolute Gasteiger partial charge is 0.326 e. The van der Waals surface area contributed by atoms with Gasteiger partial charge in [0.1, 0.15) is 11.6 Å². The van der Waals surface area contributed by atoms with Crippen LogP contribution in [-0.4, -0.2) is 50.2 Å². The van der Waals surface area contributed by atoms with Crippen LogP contribution in [0.15, 0.2) is 30.3 Å². The summed E-state index contributed by atoms with van der Waals surface area (Å²) in [4.78, 5) is 32.9. The van der Waals surface area contributed by atoms with E-state index in [-0.39, 0.29) is 6.61 Å². The Labute approximate surface area is 184 Å². The number of benzene rings is 2. The first-order chi connectivity index (χ1) is 15.1. The number of nitrogens with one attached hydrogen (secondary N) is 3. The van der Waals surface area contributed by atoms with Crippen molar-refractivity contribution in [2.75, 3.05) is 30.0 Å². The van der Waals surface area contributed by atoms with Crippen LogP contribution in [0.25, 0.3) is 22.4 Å². The van der Waals surface area contributed by atoms with Crippen LogP contribution in [0.3, 0.4) is 0 Å². The van der Waals surface area contributed by atoms with Gasteiger partial charge in [-0.1, -0.05) is 0 Å². The van der Waals surface area contributed by atoms with E-state index in [0.717, 1.165) is 6.26 Å². The highest BCUT2D eigenvalue weighted by molar-refractivity contribution is 7.92. The summed E-state index contributed by atoms with van der Waals surface area (Å²) < 4.78 is 36.0. The summed E-state index contributed by atoms with van der Waals surface area (Å²) in [7, 11) is -1.96. The lowest BCUT2D eigenvalue weighted by molar-refractivity contribution is -0.152. The molecule has 32 heavy (non-hydrogen) atoms. The molecule has 10 nitrogen and oxygen atoms in total. The van der Waals surface area contributed by atoms with Gasteiger partial charge in [-0.15, -0.1) is 0 Å². The average Bonchev–Trinajstić information content (AvgIpc) is 3.24. The molecule has 0 bridgehead atoms. The number of methoxy groups -OCH3 is 1. The Morgan fingerprint density at radius 1 is 1.25 bits per heavy atom. The molecule has 168 valence electrons. The lowest BCUT2D eigenvalue weighted by Crippen LogP contribution is -2.40. The maximum atomic E-state index is 12.6. The molecule has 0 spiro atoms. The molecule has 0 saturated heterocycles.